The lowest BCUT2D eigenvalue weighted by atomic mass is 9.73. The number of aliphatic carboxylic acids is 1. The lowest BCUT2D eigenvalue weighted by Gasteiger charge is -2.39. The van der Waals surface area contributed by atoms with Gasteiger partial charge in [-0.25, -0.2) is 0 Å². The Labute approximate surface area is 156 Å². The molecule has 1 fully saturated rings. The molecule has 5 nitrogen and oxygen atoms in total. The number of carboxylic acid groups (broad SMARTS) is 1. The molecule has 1 N–H and O–H groups in total. The molecule has 0 spiro atoms. The van der Waals surface area contributed by atoms with Crippen molar-refractivity contribution in [3.05, 3.63) is 35.4 Å². The van der Waals surface area contributed by atoms with Gasteiger partial charge in [-0.15, -0.1) is 0 Å². The van der Waals surface area contributed by atoms with E-state index in [0.29, 0.717) is 25.7 Å². The van der Waals surface area contributed by atoms with E-state index in [1.807, 2.05) is 12.1 Å². The first-order valence-corrected chi connectivity index (χ1v) is 9.78. The molecule has 0 aliphatic carbocycles. The summed E-state index contributed by atoms with van der Waals surface area (Å²) in [6.07, 6.45) is 4.86. The van der Waals surface area contributed by atoms with Crippen LogP contribution in [0.15, 0.2) is 29.4 Å². The minimum atomic E-state index is -0.680. The van der Waals surface area contributed by atoms with Crippen molar-refractivity contribution in [3.8, 4) is 0 Å². The number of carbonyl (C=O) groups is 1. The number of piperidine rings is 1. The van der Waals surface area contributed by atoms with E-state index < -0.39 is 11.4 Å². The van der Waals surface area contributed by atoms with Gasteiger partial charge in [0.15, 0.2) is 0 Å². The fraction of sp³-hybridized carbons (Fsp3) is 0.619. The molecule has 26 heavy (non-hydrogen) atoms. The Balaban J connectivity index is 1.61. The SMILES string of the molecule is CCCCN1CCC(C[C@H]2CC(c3ccccc3C)=NO2)(C(=O)O)CC1. The van der Waals surface area contributed by atoms with Crippen LogP contribution in [0.1, 0.15) is 56.6 Å². The number of carboxylic acids is 1. The van der Waals surface area contributed by atoms with Gasteiger partial charge in [-0.3, -0.25) is 4.79 Å². The number of nitrogens with zero attached hydrogens (tertiary/aromatic N) is 2. The Morgan fingerprint density at radius 3 is 2.73 bits per heavy atom. The second-order valence-corrected chi connectivity index (χ2v) is 7.77. The number of oxime groups is 1. The third kappa shape index (κ3) is 4.09. The Morgan fingerprint density at radius 2 is 2.08 bits per heavy atom. The van der Waals surface area contributed by atoms with E-state index in [1.54, 1.807) is 0 Å². The molecular formula is C21H30N2O3. The molecule has 2 aliphatic rings. The largest absolute Gasteiger partial charge is 0.481 e. The third-order valence-corrected chi connectivity index (χ3v) is 5.90. The molecular weight excluding hydrogens is 328 g/mol. The summed E-state index contributed by atoms with van der Waals surface area (Å²) in [5, 5.41) is 14.2. The van der Waals surface area contributed by atoms with Crippen LogP contribution in [0.5, 0.6) is 0 Å². The Kier molecular flexibility index (Phi) is 5.97. The molecule has 5 heteroatoms. The van der Waals surface area contributed by atoms with Crippen molar-refractivity contribution in [1.29, 1.82) is 0 Å². The van der Waals surface area contributed by atoms with Gasteiger partial charge >= 0.3 is 5.97 Å². The Morgan fingerprint density at radius 1 is 1.35 bits per heavy atom. The van der Waals surface area contributed by atoms with Gasteiger partial charge in [0.05, 0.1) is 11.1 Å². The molecule has 1 aromatic carbocycles. The Bertz CT molecular complexity index is 663. The van der Waals surface area contributed by atoms with Gasteiger partial charge in [0.25, 0.3) is 0 Å². The topological polar surface area (TPSA) is 62.1 Å². The van der Waals surface area contributed by atoms with E-state index in [-0.39, 0.29) is 6.10 Å². The van der Waals surface area contributed by atoms with Crippen LogP contribution in [0.2, 0.25) is 0 Å². The minimum absolute atomic E-state index is 0.136. The standard InChI is InChI=1S/C21H30N2O3/c1-3-4-11-23-12-9-21(10-13-23,20(24)25)15-17-14-19(22-26-17)18-8-6-5-7-16(18)2/h5-8,17H,3-4,9-15H2,1-2H3,(H,24,25)/t17-/m1/s1. The van der Waals surface area contributed by atoms with Gasteiger partial charge in [0.1, 0.15) is 6.10 Å². The van der Waals surface area contributed by atoms with E-state index in [0.717, 1.165) is 30.9 Å². The molecule has 0 saturated carbocycles. The van der Waals surface area contributed by atoms with Crippen LogP contribution >= 0.6 is 0 Å². The molecule has 2 heterocycles. The maximum absolute atomic E-state index is 12.1. The number of hydrogen-bond donors (Lipinski definition) is 1. The van der Waals surface area contributed by atoms with Crippen molar-refractivity contribution < 1.29 is 14.7 Å². The quantitative estimate of drug-likeness (QED) is 0.804. The first-order chi connectivity index (χ1) is 12.5. The normalized spacial score (nSPS) is 22.7. The van der Waals surface area contributed by atoms with E-state index in [1.165, 1.54) is 18.4 Å². The summed E-state index contributed by atoms with van der Waals surface area (Å²) >= 11 is 0. The first kappa shape index (κ1) is 18.9. The smallest absolute Gasteiger partial charge is 0.309 e. The average molecular weight is 358 g/mol. The predicted octanol–water partition coefficient (Wildman–Crippen LogP) is 3.85. The molecule has 0 bridgehead atoms. The lowest BCUT2D eigenvalue weighted by molar-refractivity contribution is -0.155. The van der Waals surface area contributed by atoms with Gasteiger partial charge in [-0.05, 0) is 51.4 Å². The summed E-state index contributed by atoms with van der Waals surface area (Å²) in [5.74, 6) is -0.680. The predicted molar refractivity (Wildman–Crippen MR) is 102 cm³/mol. The number of likely N-dealkylation sites (tertiary alicyclic amines) is 1. The minimum Gasteiger partial charge on any atom is -0.481 e. The molecule has 1 saturated heterocycles. The fourth-order valence-electron chi connectivity index (χ4n) is 4.12. The van der Waals surface area contributed by atoms with Gasteiger partial charge < -0.3 is 14.8 Å². The highest BCUT2D eigenvalue weighted by molar-refractivity contribution is 6.02. The lowest BCUT2D eigenvalue weighted by Crippen LogP contribution is -2.46. The zero-order chi connectivity index (χ0) is 18.6. The molecule has 2 aliphatic heterocycles. The van der Waals surface area contributed by atoms with Crippen LogP contribution < -0.4 is 0 Å². The van der Waals surface area contributed by atoms with Crippen LogP contribution in [0.3, 0.4) is 0 Å². The highest BCUT2D eigenvalue weighted by Crippen LogP contribution is 2.39. The van der Waals surface area contributed by atoms with Crippen molar-refractivity contribution in [3.63, 3.8) is 0 Å². The summed E-state index contributed by atoms with van der Waals surface area (Å²) in [6, 6.07) is 8.14. The van der Waals surface area contributed by atoms with Crippen LogP contribution in [-0.2, 0) is 9.63 Å². The first-order valence-electron chi connectivity index (χ1n) is 9.78. The number of rotatable bonds is 7. The number of benzene rings is 1. The molecule has 3 rings (SSSR count). The van der Waals surface area contributed by atoms with Crippen LogP contribution in [0, 0.1) is 12.3 Å². The van der Waals surface area contributed by atoms with Crippen LogP contribution in [0.4, 0.5) is 0 Å². The van der Waals surface area contributed by atoms with Gasteiger partial charge in [0.2, 0.25) is 0 Å². The third-order valence-electron chi connectivity index (χ3n) is 5.90. The van der Waals surface area contributed by atoms with E-state index in [4.69, 9.17) is 4.84 Å². The van der Waals surface area contributed by atoms with Crippen LogP contribution in [-0.4, -0.2) is 47.4 Å². The zero-order valence-electron chi connectivity index (χ0n) is 15.9. The summed E-state index contributed by atoms with van der Waals surface area (Å²) in [6.45, 7) is 7.06. The molecule has 142 valence electrons. The van der Waals surface area contributed by atoms with Crippen molar-refractivity contribution in [2.45, 2.75) is 58.5 Å². The zero-order valence-corrected chi connectivity index (χ0v) is 15.9. The van der Waals surface area contributed by atoms with Crippen molar-refractivity contribution in [2.75, 3.05) is 19.6 Å². The number of aryl methyl sites for hydroxylation is 1. The Hall–Kier alpha value is -1.88. The molecule has 0 radical (unpaired) electrons. The fourth-order valence-corrected chi connectivity index (χ4v) is 4.12. The van der Waals surface area contributed by atoms with Gasteiger partial charge in [-0.1, -0.05) is 42.8 Å². The van der Waals surface area contributed by atoms with Crippen molar-refractivity contribution in [1.82, 2.24) is 4.90 Å². The van der Waals surface area contributed by atoms with Crippen molar-refractivity contribution in [2.24, 2.45) is 10.6 Å². The van der Waals surface area contributed by atoms with Gasteiger partial charge in [-0.2, -0.15) is 0 Å². The van der Waals surface area contributed by atoms with E-state index in [2.05, 4.69) is 36.0 Å². The van der Waals surface area contributed by atoms with E-state index in [9.17, 15) is 9.90 Å². The van der Waals surface area contributed by atoms with Crippen LogP contribution in [0.25, 0.3) is 0 Å². The monoisotopic (exact) mass is 358 g/mol. The summed E-state index contributed by atoms with van der Waals surface area (Å²) in [7, 11) is 0. The summed E-state index contributed by atoms with van der Waals surface area (Å²) < 4.78 is 0. The number of unbranched alkanes of at least 4 members (excludes halogenated alkanes) is 1. The second kappa shape index (κ2) is 8.21. The molecule has 1 atom stereocenters. The number of hydrogen-bond acceptors (Lipinski definition) is 4. The second-order valence-electron chi connectivity index (χ2n) is 7.77. The summed E-state index contributed by atoms with van der Waals surface area (Å²) in [5.41, 5.74) is 2.54. The summed E-state index contributed by atoms with van der Waals surface area (Å²) in [4.78, 5) is 20.1. The molecule has 0 amide bonds. The van der Waals surface area contributed by atoms with Crippen molar-refractivity contribution >= 4 is 11.7 Å². The molecule has 0 unspecified atom stereocenters. The average Bonchev–Trinajstić information content (AvgIpc) is 3.09. The maximum atomic E-state index is 12.1. The maximum Gasteiger partial charge on any atom is 0.309 e. The van der Waals surface area contributed by atoms with Gasteiger partial charge in [0, 0.05) is 18.4 Å². The van der Waals surface area contributed by atoms with E-state index >= 15 is 0 Å². The molecule has 1 aromatic rings. The molecule has 0 aromatic heterocycles. The highest BCUT2D eigenvalue weighted by Gasteiger charge is 2.44. The highest BCUT2D eigenvalue weighted by atomic mass is 16.6.